The number of nitrogens with zero attached hydrogens (tertiary/aromatic N) is 2. The van der Waals surface area contributed by atoms with E-state index in [1.807, 2.05) is 55.5 Å². The van der Waals surface area contributed by atoms with Gasteiger partial charge in [0.2, 0.25) is 5.91 Å². The fourth-order valence-corrected chi connectivity index (χ4v) is 5.04. The van der Waals surface area contributed by atoms with Crippen LogP contribution in [0.15, 0.2) is 77.7 Å². The van der Waals surface area contributed by atoms with Crippen molar-refractivity contribution in [3.05, 3.63) is 88.8 Å². The summed E-state index contributed by atoms with van der Waals surface area (Å²) in [5.41, 5.74) is 3.24. The maximum Gasteiger partial charge on any atom is 0.294 e. The highest BCUT2D eigenvalue weighted by atomic mass is 32.2. The lowest BCUT2D eigenvalue weighted by Crippen LogP contribution is -2.36. The van der Waals surface area contributed by atoms with Crippen molar-refractivity contribution in [3.8, 4) is 11.5 Å². The van der Waals surface area contributed by atoms with Crippen LogP contribution in [0.5, 0.6) is 11.5 Å². The van der Waals surface area contributed by atoms with Gasteiger partial charge in [0.05, 0.1) is 11.5 Å². The van der Waals surface area contributed by atoms with E-state index in [2.05, 4.69) is 24.1 Å². The molecule has 1 fully saturated rings. The van der Waals surface area contributed by atoms with E-state index in [1.54, 1.807) is 30.3 Å². The summed E-state index contributed by atoms with van der Waals surface area (Å²) >= 11 is 0.811. The van der Waals surface area contributed by atoms with Crippen LogP contribution in [0.3, 0.4) is 0 Å². The summed E-state index contributed by atoms with van der Waals surface area (Å²) in [6.07, 6.45) is 1.65. The average molecular weight is 560 g/mol. The molecule has 0 radical (unpaired) electrons. The average Bonchev–Trinajstić information content (AvgIpc) is 3.22. The van der Waals surface area contributed by atoms with Gasteiger partial charge in [0.25, 0.3) is 11.1 Å². The van der Waals surface area contributed by atoms with Crippen molar-refractivity contribution in [3.63, 3.8) is 0 Å². The van der Waals surface area contributed by atoms with Gasteiger partial charge in [-0.15, -0.1) is 0 Å². The van der Waals surface area contributed by atoms with Crippen molar-refractivity contribution in [2.45, 2.75) is 27.4 Å². The van der Waals surface area contributed by atoms with Crippen LogP contribution in [0.2, 0.25) is 0 Å². The molecule has 0 bridgehead atoms. The molecule has 0 spiro atoms. The SMILES string of the molecule is CCOc1ccc(NC(=O)CN2C(=O)S/C(=C/c3ccc(N(CC)CC)cc3OCc3ccccc3)C2=O)cc1. The highest BCUT2D eigenvalue weighted by molar-refractivity contribution is 8.18. The third-order valence-corrected chi connectivity index (χ3v) is 7.18. The van der Waals surface area contributed by atoms with E-state index < -0.39 is 17.1 Å². The molecule has 1 aliphatic heterocycles. The molecule has 8 nitrogen and oxygen atoms in total. The number of ether oxygens (including phenoxy) is 2. The molecule has 3 aromatic rings. The van der Waals surface area contributed by atoms with Gasteiger partial charge in [-0.1, -0.05) is 30.3 Å². The van der Waals surface area contributed by atoms with Gasteiger partial charge in [0.15, 0.2) is 0 Å². The highest BCUT2D eigenvalue weighted by Crippen LogP contribution is 2.35. The zero-order valence-electron chi connectivity index (χ0n) is 22.9. The minimum absolute atomic E-state index is 0.235. The number of thioether (sulfide) groups is 1. The number of anilines is 2. The first-order valence-electron chi connectivity index (χ1n) is 13.3. The molecule has 0 aromatic heterocycles. The summed E-state index contributed by atoms with van der Waals surface area (Å²) in [5.74, 6) is 0.309. The molecule has 9 heteroatoms. The van der Waals surface area contributed by atoms with Gasteiger partial charge in [-0.25, -0.2) is 0 Å². The molecule has 1 saturated heterocycles. The first-order valence-corrected chi connectivity index (χ1v) is 14.1. The molecule has 3 amide bonds. The zero-order valence-corrected chi connectivity index (χ0v) is 23.7. The Morgan fingerprint density at radius 2 is 1.68 bits per heavy atom. The van der Waals surface area contributed by atoms with Crippen LogP contribution in [0.1, 0.15) is 31.9 Å². The van der Waals surface area contributed by atoms with Crippen molar-refractivity contribution in [1.29, 1.82) is 0 Å². The maximum absolute atomic E-state index is 13.2. The number of carbonyl (C=O) groups is 3. The van der Waals surface area contributed by atoms with Crippen molar-refractivity contribution >= 4 is 46.3 Å². The van der Waals surface area contributed by atoms with Gasteiger partial charge in [0, 0.05) is 36.1 Å². The van der Waals surface area contributed by atoms with E-state index in [9.17, 15) is 14.4 Å². The summed E-state index contributed by atoms with van der Waals surface area (Å²) in [4.78, 5) is 41.9. The van der Waals surface area contributed by atoms with Crippen LogP contribution in [0.4, 0.5) is 16.2 Å². The second-order valence-electron chi connectivity index (χ2n) is 8.94. The van der Waals surface area contributed by atoms with Crippen LogP contribution in [-0.4, -0.2) is 48.2 Å². The smallest absolute Gasteiger partial charge is 0.294 e. The normalized spacial score (nSPS) is 14.0. The van der Waals surface area contributed by atoms with Gasteiger partial charge >= 0.3 is 0 Å². The van der Waals surface area contributed by atoms with Gasteiger partial charge < -0.3 is 19.7 Å². The fraction of sp³-hybridized carbons (Fsp3) is 0.258. The molecule has 0 atom stereocenters. The van der Waals surface area contributed by atoms with Crippen LogP contribution < -0.4 is 19.7 Å². The minimum atomic E-state index is -0.515. The van der Waals surface area contributed by atoms with Gasteiger partial charge in [-0.05, 0) is 80.6 Å². The van der Waals surface area contributed by atoms with E-state index in [0.29, 0.717) is 36.0 Å². The molecule has 0 saturated carbocycles. The molecular weight excluding hydrogens is 526 g/mol. The summed E-state index contributed by atoms with van der Waals surface area (Å²) in [7, 11) is 0. The van der Waals surface area contributed by atoms with Crippen molar-refractivity contribution < 1.29 is 23.9 Å². The predicted molar refractivity (Wildman–Crippen MR) is 160 cm³/mol. The summed E-state index contributed by atoms with van der Waals surface area (Å²) in [6.45, 7) is 8.26. The van der Waals surface area contributed by atoms with E-state index >= 15 is 0 Å². The zero-order chi connectivity index (χ0) is 28.5. The third kappa shape index (κ3) is 7.24. The number of nitrogens with one attached hydrogen (secondary N) is 1. The predicted octanol–water partition coefficient (Wildman–Crippen LogP) is 6.19. The number of carbonyl (C=O) groups excluding carboxylic acids is 3. The number of benzene rings is 3. The molecule has 40 heavy (non-hydrogen) atoms. The van der Waals surface area contributed by atoms with Crippen molar-refractivity contribution in [2.24, 2.45) is 0 Å². The molecule has 0 aliphatic carbocycles. The van der Waals surface area contributed by atoms with E-state index in [0.717, 1.165) is 41.0 Å². The Bertz CT molecular complexity index is 1370. The van der Waals surface area contributed by atoms with Crippen LogP contribution in [0.25, 0.3) is 6.08 Å². The molecule has 4 rings (SSSR count). The summed E-state index contributed by atoms with van der Waals surface area (Å²) in [5, 5.41) is 2.22. The standard InChI is InChI=1S/C31H33N3O5S/c1-4-33(5-2)25-15-12-23(27(19-25)39-21-22-10-8-7-9-11-22)18-28-30(36)34(31(37)40-28)20-29(35)32-24-13-16-26(17-14-24)38-6-3/h7-19H,4-6,20-21H2,1-3H3,(H,32,35)/b28-18+. The maximum atomic E-state index is 13.2. The second kappa shape index (κ2) is 13.7. The first kappa shape index (κ1) is 28.8. The second-order valence-corrected chi connectivity index (χ2v) is 9.94. The Hall–Kier alpha value is -4.24. The first-order chi connectivity index (χ1) is 19.4. The van der Waals surface area contributed by atoms with Crippen LogP contribution in [0, 0.1) is 0 Å². The van der Waals surface area contributed by atoms with Gasteiger partial charge in [-0.2, -0.15) is 0 Å². The van der Waals surface area contributed by atoms with Gasteiger partial charge in [-0.3, -0.25) is 19.3 Å². The lowest BCUT2D eigenvalue weighted by atomic mass is 10.1. The van der Waals surface area contributed by atoms with Crippen LogP contribution >= 0.6 is 11.8 Å². The Morgan fingerprint density at radius 1 is 0.950 bits per heavy atom. The number of amides is 3. The molecule has 0 unspecified atom stereocenters. The topological polar surface area (TPSA) is 88.2 Å². The lowest BCUT2D eigenvalue weighted by Gasteiger charge is -2.22. The Balaban J connectivity index is 1.50. The molecular formula is C31H33N3O5S. The minimum Gasteiger partial charge on any atom is -0.494 e. The molecule has 1 heterocycles. The molecule has 1 N–H and O–H groups in total. The lowest BCUT2D eigenvalue weighted by molar-refractivity contribution is -0.127. The quantitative estimate of drug-likeness (QED) is 0.265. The van der Waals surface area contributed by atoms with Crippen molar-refractivity contribution in [1.82, 2.24) is 4.90 Å². The molecule has 1 aliphatic rings. The summed E-state index contributed by atoms with van der Waals surface area (Å²) < 4.78 is 11.6. The number of imide groups is 1. The third-order valence-electron chi connectivity index (χ3n) is 6.27. The Labute approximate surface area is 238 Å². The molecule has 208 valence electrons. The van der Waals surface area contributed by atoms with Crippen LogP contribution in [-0.2, 0) is 16.2 Å². The van der Waals surface area contributed by atoms with Gasteiger partial charge in [0.1, 0.15) is 24.7 Å². The van der Waals surface area contributed by atoms with E-state index in [-0.39, 0.29) is 11.4 Å². The monoisotopic (exact) mass is 559 g/mol. The Morgan fingerprint density at radius 3 is 2.35 bits per heavy atom. The molecule has 3 aromatic carbocycles. The Kier molecular flexibility index (Phi) is 9.86. The van der Waals surface area contributed by atoms with Crippen molar-refractivity contribution in [2.75, 3.05) is 36.5 Å². The fourth-order valence-electron chi connectivity index (χ4n) is 4.21. The van der Waals surface area contributed by atoms with E-state index in [1.165, 1.54) is 0 Å². The number of hydrogen-bond acceptors (Lipinski definition) is 7. The van der Waals surface area contributed by atoms with E-state index in [4.69, 9.17) is 9.47 Å². The largest absolute Gasteiger partial charge is 0.494 e. The number of hydrogen-bond donors (Lipinski definition) is 1. The number of rotatable bonds is 12. The highest BCUT2D eigenvalue weighted by Gasteiger charge is 2.36. The summed E-state index contributed by atoms with van der Waals surface area (Å²) in [6, 6.07) is 22.5.